The number of hydrogen-bond acceptors (Lipinski definition) is 1. The zero-order valence-electron chi connectivity index (χ0n) is 7.58. The standard InChI is InChI=1S/C11H7BrCl2S/c12-8-4-2-1-3-7(8)10(14)11-9(13)5-6-15-11/h1-6,10H. The highest BCUT2D eigenvalue weighted by molar-refractivity contribution is 9.10. The summed E-state index contributed by atoms with van der Waals surface area (Å²) in [5, 5.41) is 2.49. The third-order valence-corrected chi connectivity index (χ3v) is 4.78. The van der Waals surface area contributed by atoms with Crippen LogP contribution >= 0.6 is 50.5 Å². The Morgan fingerprint density at radius 3 is 2.53 bits per heavy atom. The lowest BCUT2D eigenvalue weighted by Crippen LogP contribution is -1.91. The van der Waals surface area contributed by atoms with Crippen molar-refractivity contribution in [2.24, 2.45) is 0 Å². The maximum Gasteiger partial charge on any atom is 0.0953 e. The summed E-state index contributed by atoms with van der Waals surface area (Å²) in [6.45, 7) is 0. The first-order valence-corrected chi connectivity index (χ1v) is 6.80. The molecule has 0 radical (unpaired) electrons. The predicted molar refractivity (Wildman–Crippen MR) is 71.2 cm³/mol. The van der Waals surface area contributed by atoms with Crippen molar-refractivity contribution in [2.45, 2.75) is 5.38 Å². The first kappa shape index (κ1) is 11.5. The molecule has 1 atom stereocenters. The van der Waals surface area contributed by atoms with E-state index in [1.807, 2.05) is 35.7 Å². The molecular formula is C11H7BrCl2S. The number of rotatable bonds is 2. The molecule has 0 saturated heterocycles. The van der Waals surface area contributed by atoms with Crippen LogP contribution in [-0.2, 0) is 0 Å². The zero-order valence-corrected chi connectivity index (χ0v) is 11.5. The molecule has 1 aromatic heterocycles. The highest BCUT2D eigenvalue weighted by Crippen LogP contribution is 2.39. The molecule has 1 aromatic carbocycles. The van der Waals surface area contributed by atoms with Crippen molar-refractivity contribution in [3.8, 4) is 0 Å². The second-order valence-electron chi connectivity index (χ2n) is 3.02. The Morgan fingerprint density at radius 1 is 1.20 bits per heavy atom. The van der Waals surface area contributed by atoms with Crippen LogP contribution in [0.3, 0.4) is 0 Å². The molecule has 15 heavy (non-hydrogen) atoms. The van der Waals surface area contributed by atoms with E-state index < -0.39 is 0 Å². The SMILES string of the molecule is Clc1ccsc1C(Cl)c1ccccc1Br. The molecule has 0 saturated carbocycles. The lowest BCUT2D eigenvalue weighted by molar-refractivity contribution is 1.17. The quantitative estimate of drug-likeness (QED) is 0.641. The van der Waals surface area contributed by atoms with Crippen LogP contribution in [0, 0.1) is 0 Å². The van der Waals surface area contributed by atoms with Crippen LogP contribution in [0.4, 0.5) is 0 Å². The fourth-order valence-corrected chi connectivity index (χ4v) is 3.63. The van der Waals surface area contributed by atoms with E-state index in [1.54, 1.807) is 11.3 Å². The van der Waals surface area contributed by atoms with Crippen molar-refractivity contribution in [1.29, 1.82) is 0 Å². The van der Waals surface area contributed by atoms with Crippen molar-refractivity contribution in [2.75, 3.05) is 0 Å². The molecule has 0 bridgehead atoms. The van der Waals surface area contributed by atoms with Crippen LogP contribution in [0.25, 0.3) is 0 Å². The van der Waals surface area contributed by atoms with E-state index in [9.17, 15) is 0 Å². The molecule has 0 amide bonds. The minimum absolute atomic E-state index is 0.187. The molecule has 0 nitrogen and oxygen atoms in total. The molecule has 4 heteroatoms. The van der Waals surface area contributed by atoms with Crippen LogP contribution in [0.5, 0.6) is 0 Å². The molecule has 2 rings (SSSR count). The molecule has 2 aromatic rings. The van der Waals surface area contributed by atoms with Crippen molar-refractivity contribution in [3.05, 3.63) is 55.6 Å². The highest BCUT2D eigenvalue weighted by Gasteiger charge is 2.17. The van der Waals surface area contributed by atoms with Gasteiger partial charge < -0.3 is 0 Å². The van der Waals surface area contributed by atoms with E-state index in [-0.39, 0.29) is 5.38 Å². The van der Waals surface area contributed by atoms with Crippen LogP contribution in [0.1, 0.15) is 15.8 Å². The van der Waals surface area contributed by atoms with Gasteiger partial charge in [0.1, 0.15) is 0 Å². The van der Waals surface area contributed by atoms with E-state index in [4.69, 9.17) is 23.2 Å². The molecule has 0 aliphatic carbocycles. The van der Waals surface area contributed by atoms with Gasteiger partial charge in [-0.25, -0.2) is 0 Å². The van der Waals surface area contributed by atoms with Crippen molar-refractivity contribution >= 4 is 50.5 Å². The summed E-state index contributed by atoms with van der Waals surface area (Å²) >= 11 is 17.5. The van der Waals surface area contributed by atoms with Gasteiger partial charge in [-0.2, -0.15) is 0 Å². The van der Waals surface area contributed by atoms with Crippen LogP contribution in [0.2, 0.25) is 5.02 Å². The second-order valence-corrected chi connectivity index (χ2v) is 5.66. The number of halogens is 3. The zero-order chi connectivity index (χ0) is 10.8. The van der Waals surface area contributed by atoms with Gasteiger partial charge >= 0.3 is 0 Å². The molecule has 78 valence electrons. The average molecular weight is 322 g/mol. The maximum absolute atomic E-state index is 6.38. The third-order valence-electron chi connectivity index (χ3n) is 2.05. The maximum atomic E-state index is 6.38. The van der Waals surface area contributed by atoms with E-state index in [0.29, 0.717) is 0 Å². The van der Waals surface area contributed by atoms with Gasteiger partial charge in [0, 0.05) is 9.35 Å². The average Bonchev–Trinajstić information content (AvgIpc) is 2.64. The number of benzene rings is 1. The highest BCUT2D eigenvalue weighted by atomic mass is 79.9. The van der Waals surface area contributed by atoms with Gasteiger partial charge in [0.15, 0.2) is 0 Å². The smallest absolute Gasteiger partial charge is 0.0953 e. The molecule has 0 aliphatic rings. The molecular weight excluding hydrogens is 315 g/mol. The predicted octanol–water partition coefficient (Wildman–Crippen LogP) is 5.49. The Labute approximate surface area is 111 Å². The van der Waals surface area contributed by atoms with Crippen LogP contribution in [0.15, 0.2) is 40.2 Å². The summed E-state index contributed by atoms with van der Waals surface area (Å²) in [7, 11) is 0. The van der Waals surface area contributed by atoms with E-state index in [1.165, 1.54) is 0 Å². The van der Waals surface area contributed by atoms with Gasteiger partial charge in [-0.15, -0.1) is 22.9 Å². The summed E-state index contributed by atoms with van der Waals surface area (Å²) in [5.74, 6) is 0. The summed E-state index contributed by atoms with van der Waals surface area (Å²) in [6.07, 6.45) is 0. The van der Waals surface area contributed by atoms with Gasteiger partial charge in [0.25, 0.3) is 0 Å². The molecule has 0 spiro atoms. The van der Waals surface area contributed by atoms with E-state index in [0.717, 1.165) is 19.9 Å². The number of hydrogen-bond donors (Lipinski definition) is 0. The Bertz CT molecular complexity index is 467. The summed E-state index contributed by atoms with van der Waals surface area (Å²) in [6, 6.07) is 9.78. The summed E-state index contributed by atoms with van der Waals surface area (Å²) < 4.78 is 1.01. The Kier molecular flexibility index (Phi) is 3.73. The van der Waals surface area contributed by atoms with E-state index in [2.05, 4.69) is 15.9 Å². The van der Waals surface area contributed by atoms with Crippen LogP contribution < -0.4 is 0 Å². The van der Waals surface area contributed by atoms with Gasteiger partial charge in [-0.3, -0.25) is 0 Å². The molecule has 0 fully saturated rings. The van der Waals surface area contributed by atoms with Gasteiger partial charge in [0.2, 0.25) is 0 Å². The first-order valence-electron chi connectivity index (χ1n) is 4.31. The van der Waals surface area contributed by atoms with Gasteiger partial charge in [0.05, 0.1) is 10.4 Å². The fourth-order valence-electron chi connectivity index (χ4n) is 1.31. The van der Waals surface area contributed by atoms with Gasteiger partial charge in [-0.1, -0.05) is 45.7 Å². The lowest BCUT2D eigenvalue weighted by Gasteiger charge is -2.10. The summed E-state index contributed by atoms with van der Waals surface area (Å²) in [4.78, 5) is 0.991. The number of thiophene rings is 1. The molecule has 0 aliphatic heterocycles. The molecule has 1 heterocycles. The van der Waals surface area contributed by atoms with Crippen molar-refractivity contribution in [1.82, 2.24) is 0 Å². The Balaban J connectivity index is 2.41. The number of alkyl halides is 1. The monoisotopic (exact) mass is 320 g/mol. The normalized spacial score (nSPS) is 12.7. The molecule has 0 N–H and O–H groups in total. The van der Waals surface area contributed by atoms with Crippen molar-refractivity contribution < 1.29 is 0 Å². The largest absolute Gasteiger partial charge is 0.145 e. The topological polar surface area (TPSA) is 0 Å². The minimum Gasteiger partial charge on any atom is -0.145 e. The van der Waals surface area contributed by atoms with Crippen molar-refractivity contribution in [3.63, 3.8) is 0 Å². The molecule has 1 unspecified atom stereocenters. The minimum atomic E-state index is -0.187. The Hall–Kier alpha value is -0.0200. The van der Waals surface area contributed by atoms with E-state index >= 15 is 0 Å². The van der Waals surface area contributed by atoms with Gasteiger partial charge in [-0.05, 0) is 23.1 Å². The van der Waals surface area contributed by atoms with Crippen LogP contribution in [-0.4, -0.2) is 0 Å². The third kappa shape index (κ3) is 2.39. The second kappa shape index (κ2) is 4.88. The lowest BCUT2D eigenvalue weighted by atomic mass is 10.1. The first-order chi connectivity index (χ1) is 7.20. The Morgan fingerprint density at radius 2 is 1.93 bits per heavy atom. The fraction of sp³-hybridized carbons (Fsp3) is 0.0909. The summed E-state index contributed by atoms with van der Waals surface area (Å²) in [5.41, 5.74) is 1.04.